The number of thiophene rings is 1. The van der Waals surface area contributed by atoms with Crippen molar-refractivity contribution in [3.8, 4) is 0 Å². The lowest BCUT2D eigenvalue weighted by atomic mass is 10.1. The Bertz CT molecular complexity index is 507. The molecular weight excluding hydrogens is 294 g/mol. The molecule has 1 fully saturated rings. The highest BCUT2D eigenvalue weighted by Gasteiger charge is 2.17. The van der Waals surface area contributed by atoms with Gasteiger partial charge in [-0.05, 0) is 51.0 Å². The van der Waals surface area contributed by atoms with E-state index in [1.54, 1.807) is 6.07 Å². The standard InChI is InChI=1S/C13H23N3O2S2/c14-7-6-12-4-5-13(19-12)20(17,18)15-8-11-16-9-2-1-3-10-16/h4-5,15H,1-3,6-11,14H2. The van der Waals surface area contributed by atoms with Crippen LogP contribution < -0.4 is 10.5 Å². The minimum Gasteiger partial charge on any atom is -0.330 e. The van der Waals surface area contributed by atoms with Crippen molar-refractivity contribution in [3.63, 3.8) is 0 Å². The monoisotopic (exact) mass is 317 g/mol. The highest BCUT2D eigenvalue weighted by molar-refractivity contribution is 7.91. The van der Waals surface area contributed by atoms with E-state index in [9.17, 15) is 8.42 Å². The normalized spacial score (nSPS) is 17.4. The molecule has 1 aromatic rings. The molecule has 1 aliphatic rings. The van der Waals surface area contributed by atoms with Gasteiger partial charge in [-0.2, -0.15) is 0 Å². The molecule has 114 valence electrons. The van der Waals surface area contributed by atoms with Gasteiger partial charge in [0.15, 0.2) is 0 Å². The van der Waals surface area contributed by atoms with E-state index < -0.39 is 10.0 Å². The number of nitrogens with zero attached hydrogens (tertiary/aromatic N) is 1. The van der Waals surface area contributed by atoms with E-state index in [2.05, 4.69) is 9.62 Å². The second-order valence-corrected chi connectivity index (χ2v) is 8.22. The van der Waals surface area contributed by atoms with Crippen LogP contribution >= 0.6 is 11.3 Å². The first kappa shape index (κ1) is 15.9. The van der Waals surface area contributed by atoms with Gasteiger partial charge in [-0.25, -0.2) is 13.1 Å². The van der Waals surface area contributed by atoms with Gasteiger partial charge in [-0.15, -0.1) is 11.3 Å². The zero-order valence-electron chi connectivity index (χ0n) is 11.7. The molecule has 2 heterocycles. The summed E-state index contributed by atoms with van der Waals surface area (Å²) in [5, 5.41) is 0. The number of nitrogens with two attached hydrogens (primary N) is 1. The maximum absolute atomic E-state index is 12.1. The maximum Gasteiger partial charge on any atom is 0.250 e. The average molecular weight is 317 g/mol. The zero-order chi connectivity index (χ0) is 14.4. The van der Waals surface area contributed by atoms with Crippen molar-refractivity contribution in [1.82, 2.24) is 9.62 Å². The highest BCUT2D eigenvalue weighted by atomic mass is 32.2. The van der Waals surface area contributed by atoms with Gasteiger partial charge in [-0.3, -0.25) is 0 Å². The molecule has 1 saturated heterocycles. The van der Waals surface area contributed by atoms with Crippen LogP contribution in [0.4, 0.5) is 0 Å². The topological polar surface area (TPSA) is 75.4 Å². The van der Waals surface area contributed by atoms with Gasteiger partial charge in [0.1, 0.15) is 4.21 Å². The van der Waals surface area contributed by atoms with E-state index in [0.717, 1.165) is 30.9 Å². The lowest BCUT2D eigenvalue weighted by Gasteiger charge is -2.26. The first-order valence-corrected chi connectivity index (χ1v) is 9.42. The first-order valence-electron chi connectivity index (χ1n) is 7.12. The second-order valence-electron chi connectivity index (χ2n) is 5.06. The van der Waals surface area contributed by atoms with Gasteiger partial charge >= 0.3 is 0 Å². The molecule has 0 atom stereocenters. The third-order valence-electron chi connectivity index (χ3n) is 3.46. The summed E-state index contributed by atoms with van der Waals surface area (Å²) in [5.74, 6) is 0. The number of sulfonamides is 1. The summed E-state index contributed by atoms with van der Waals surface area (Å²) in [4.78, 5) is 3.34. The van der Waals surface area contributed by atoms with Crippen LogP contribution in [0.1, 0.15) is 24.1 Å². The molecule has 0 bridgehead atoms. The van der Waals surface area contributed by atoms with Crippen LogP contribution in [-0.4, -0.2) is 46.0 Å². The van der Waals surface area contributed by atoms with Crippen LogP contribution in [0.15, 0.2) is 16.3 Å². The smallest absolute Gasteiger partial charge is 0.250 e. The molecule has 0 amide bonds. The Balaban J connectivity index is 1.83. The van der Waals surface area contributed by atoms with E-state index in [-0.39, 0.29) is 0 Å². The lowest BCUT2D eigenvalue weighted by molar-refractivity contribution is 0.233. The molecule has 3 N–H and O–H groups in total. The number of rotatable bonds is 7. The number of nitrogens with one attached hydrogen (secondary N) is 1. The Kier molecular flexibility index (Phi) is 5.98. The van der Waals surface area contributed by atoms with Crippen molar-refractivity contribution in [3.05, 3.63) is 17.0 Å². The minimum absolute atomic E-state index is 0.389. The van der Waals surface area contributed by atoms with E-state index >= 15 is 0 Å². The molecule has 0 unspecified atom stereocenters. The molecule has 1 aromatic heterocycles. The summed E-state index contributed by atoms with van der Waals surface area (Å²) in [5.41, 5.74) is 5.48. The summed E-state index contributed by atoms with van der Waals surface area (Å²) in [6, 6.07) is 3.51. The second kappa shape index (κ2) is 7.51. The van der Waals surface area contributed by atoms with Crippen LogP contribution in [0.25, 0.3) is 0 Å². The van der Waals surface area contributed by atoms with Gasteiger partial charge in [0.25, 0.3) is 0 Å². The van der Waals surface area contributed by atoms with Gasteiger partial charge < -0.3 is 10.6 Å². The van der Waals surface area contributed by atoms with E-state index in [4.69, 9.17) is 5.73 Å². The largest absolute Gasteiger partial charge is 0.330 e. The van der Waals surface area contributed by atoms with Crippen LogP contribution in [0.5, 0.6) is 0 Å². The fraction of sp³-hybridized carbons (Fsp3) is 0.692. The van der Waals surface area contributed by atoms with Crippen LogP contribution in [0.3, 0.4) is 0 Å². The lowest BCUT2D eigenvalue weighted by Crippen LogP contribution is -2.37. The van der Waals surface area contributed by atoms with Crippen molar-refractivity contribution >= 4 is 21.4 Å². The summed E-state index contributed by atoms with van der Waals surface area (Å²) >= 11 is 1.31. The van der Waals surface area contributed by atoms with Crippen LogP contribution in [0, 0.1) is 0 Å². The van der Waals surface area contributed by atoms with E-state index in [0.29, 0.717) is 17.3 Å². The van der Waals surface area contributed by atoms with Crippen molar-refractivity contribution in [2.75, 3.05) is 32.7 Å². The van der Waals surface area contributed by atoms with Crippen molar-refractivity contribution in [2.45, 2.75) is 29.9 Å². The zero-order valence-corrected chi connectivity index (χ0v) is 13.3. The van der Waals surface area contributed by atoms with Crippen LogP contribution in [-0.2, 0) is 16.4 Å². The van der Waals surface area contributed by atoms with Gasteiger partial charge in [0.05, 0.1) is 0 Å². The Labute approximate surface area is 125 Å². The van der Waals surface area contributed by atoms with Crippen molar-refractivity contribution in [1.29, 1.82) is 0 Å². The Morgan fingerprint density at radius 2 is 2.00 bits per heavy atom. The van der Waals surface area contributed by atoms with Crippen molar-refractivity contribution in [2.24, 2.45) is 5.73 Å². The predicted octanol–water partition coefficient (Wildman–Crippen LogP) is 1.01. The molecule has 2 rings (SSSR count). The Morgan fingerprint density at radius 1 is 1.25 bits per heavy atom. The van der Waals surface area contributed by atoms with Crippen LogP contribution in [0.2, 0.25) is 0 Å². The number of hydrogen-bond donors (Lipinski definition) is 2. The summed E-state index contributed by atoms with van der Waals surface area (Å²) in [7, 11) is -3.36. The van der Waals surface area contributed by atoms with E-state index in [1.165, 1.54) is 30.6 Å². The highest BCUT2D eigenvalue weighted by Crippen LogP contribution is 2.21. The fourth-order valence-corrected chi connectivity index (χ4v) is 4.81. The summed E-state index contributed by atoms with van der Waals surface area (Å²) in [6.45, 7) is 3.98. The molecule has 1 aliphatic heterocycles. The fourth-order valence-electron chi connectivity index (χ4n) is 2.37. The van der Waals surface area contributed by atoms with Gasteiger partial charge in [0, 0.05) is 18.0 Å². The molecule has 0 radical (unpaired) electrons. The maximum atomic E-state index is 12.1. The first-order chi connectivity index (χ1) is 9.62. The molecule has 0 saturated carbocycles. The molecule has 0 spiro atoms. The SMILES string of the molecule is NCCc1ccc(S(=O)(=O)NCCN2CCCCC2)s1. The average Bonchev–Trinajstić information content (AvgIpc) is 2.90. The molecule has 0 aromatic carbocycles. The van der Waals surface area contributed by atoms with Gasteiger partial charge in [0.2, 0.25) is 10.0 Å². The molecule has 20 heavy (non-hydrogen) atoms. The summed E-state index contributed by atoms with van der Waals surface area (Å²) in [6.07, 6.45) is 4.47. The Morgan fingerprint density at radius 3 is 2.70 bits per heavy atom. The van der Waals surface area contributed by atoms with Gasteiger partial charge in [-0.1, -0.05) is 6.42 Å². The minimum atomic E-state index is -3.36. The quantitative estimate of drug-likeness (QED) is 0.787. The number of likely N-dealkylation sites (tertiary alicyclic amines) is 1. The summed E-state index contributed by atoms with van der Waals surface area (Å²) < 4.78 is 27.4. The third-order valence-corrected chi connectivity index (χ3v) is 6.56. The molecule has 0 aliphatic carbocycles. The molecule has 5 nitrogen and oxygen atoms in total. The number of piperidine rings is 1. The third kappa shape index (κ3) is 4.53. The molecule has 7 heteroatoms. The molecular formula is C13H23N3O2S2. The van der Waals surface area contributed by atoms with Crippen molar-refractivity contribution < 1.29 is 8.42 Å². The predicted molar refractivity (Wildman–Crippen MR) is 82.6 cm³/mol. The van der Waals surface area contributed by atoms with E-state index in [1.807, 2.05) is 6.07 Å². The Hall–Kier alpha value is -0.470. The number of hydrogen-bond acceptors (Lipinski definition) is 5.